The van der Waals surface area contributed by atoms with Crippen LogP contribution in [0.15, 0.2) is 54.3 Å². The van der Waals surface area contributed by atoms with Crippen molar-refractivity contribution in [3.63, 3.8) is 0 Å². The van der Waals surface area contributed by atoms with Crippen LogP contribution in [0.1, 0.15) is 5.56 Å². The predicted molar refractivity (Wildman–Crippen MR) is 122 cm³/mol. The summed E-state index contributed by atoms with van der Waals surface area (Å²) in [5, 5.41) is 7.34. The summed E-state index contributed by atoms with van der Waals surface area (Å²) in [5.74, 6) is 1.82. The molecule has 8 heteroatoms. The number of halogens is 1. The Kier molecular flexibility index (Phi) is 5.48. The number of morpholine rings is 1. The average Bonchev–Trinajstić information content (AvgIpc) is 3.24. The number of hydrogen-bond acceptors (Lipinski definition) is 7. The Morgan fingerprint density at radius 3 is 2.63 bits per heavy atom. The van der Waals surface area contributed by atoms with Gasteiger partial charge in [0.05, 0.1) is 18.6 Å². The van der Waals surface area contributed by atoms with Crippen LogP contribution in [0, 0.1) is 0 Å². The van der Waals surface area contributed by atoms with Gasteiger partial charge in [-0.15, -0.1) is 11.3 Å². The van der Waals surface area contributed by atoms with Gasteiger partial charge >= 0.3 is 0 Å². The minimum atomic E-state index is 0.637. The highest BCUT2D eigenvalue weighted by Gasteiger charge is 2.14. The maximum absolute atomic E-state index is 6.05. The van der Waals surface area contributed by atoms with E-state index in [0.717, 1.165) is 69.9 Å². The molecule has 0 bridgehead atoms. The van der Waals surface area contributed by atoms with Gasteiger partial charge in [0.25, 0.3) is 0 Å². The molecule has 1 N–H and O–H groups in total. The van der Waals surface area contributed by atoms with E-state index in [1.165, 1.54) is 0 Å². The van der Waals surface area contributed by atoms with Crippen molar-refractivity contribution in [2.24, 2.45) is 0 Å². The summed E-state index contributed by atoms with van der Waals surface area (Å²) in [5.41, 5.74) is 3.30. The molecular formula is C22H20ClN5OS. The monoisotopic (exact) mass is 437 g/mol. The van der Waals surface area contributed by atoms with Gasteiger partial charge in [-0.25, -0.2) is 15.0 Å². The Hall–Kier alpha value is -2.74. The van der Waals surface area contributed by atoms with E-state index in [-0.39, 0.29) is 0 Å². The van der Waals surface area contributed by atoms with Crippen LogP contribution in [-0.4, -0.2) is 41.3 Å². The first-order valence-corrected chi connectivity index (χ1v) is 11.0. The SMILES string of the molecule is Clc1ccc(-c2csc3ncnc(NCc4ccc(N5CCOCC5)nc4)c23)cc1. The number of aromatic nitrogens is 3. The molecule has 1 aliphatic heterocycles. The predicted octanol–water partition coefficient (Wildman–Crippen LogP) is 4.86. The van der Waals surface area contributed by atoms with Gasteiger partial charge in [0.15, 0.2) is 0 Å². The smallest absolute Gasteiger partial charge is 0.139 e. The molecule has 5 rings (SSSR count). The fourth-order valence-corrected chi connectivity index (χ4v) is 4.58. The van der Waals surface area contributed by atoms with Crippen molar-refractivity contribution in [3.8, 4) is 11.1 Å². The Labute approximate surface area is 183 Å². The van der Waals surface area contributed by atoms with Crippen LogP contribution < -0.4 is 10.2 Å². The zero-order chi connectivity index (χ0) is 20.3. The lowest BCUT2D eigenvalue weighted by molar-refractivity contribution is 0.122. The zero-order valence-electron chi connectivity index (χ0n) is 16.2. The number of fused-ring (bicyclic) bond motifs is 1. The normalized spacial score (nSPS) is 14.2. The molecule has 4 heterocycles. The van der Waals surface area contributed by atoms with Crippen molar-refractivity contribution >= 4 is 44.8 Å². The van der Waals surface area contributed by atoms with Gasteiger partial charge in [0.1, 0.15) is 22.8 Å². The van der Waals surface area contributed by atoms with Crippen LogP contribution in [-0.2, 0) is 11.3 Å². The molecule has 0 amide bonds. The van der Waals surface area contributed by atoms with Crippen molar-refractivity contribution in [1.82, 2.24) is 15.0 Å². The third-order valence-electron chi connectivity index (χ3n) is 5.13. The summed E-state index contributed by atoms with van der Waals surface area (Å²) in [6.07, 6.45) is 3.52. The highest BCUT2D eigenvalue weighted by atomic mass is 35.5. The molecule has 6 nitrogen and oxygen atoms in total. The van der Waals surface area contributed by atoms with Crippen molar-refractivity contribution in [3.05, 3.63) is 64.9 Å². The topological polar surface area (TPSA) is 63.2 Å². The molecule has 4 aromatic rings. The number of benzene rings is 1. The molecule has 3 aromatic heterocycles. The first-order chi connectivity index (χ1) is 14.8. The van der Waals surface area contributed by atoms with E-state index in [1.54, 1.807) is 17.7 Å². The zero-order valence-corrected chi connectivity index (χ0v) is 17.8. The molecule has 1 aromatic carbocycles. The summed E-state index contributed by atoms with van der Waals surface area (Å²) in [7, 11) is 0. The molecule has 0 aliphatic carbocycles. The molecule has 0 atom stereocenters. The van der Waals surface area contributed by atoms with Crippen molar-refractivity contribution < 1.29 is 4.74 Å². The van der Waals surface area contributed by atoms with Crippen LogP contribution in [0.3, 0.4) is 0 Å². The number of nitrogens with one attached hydrogen (secondary N) is 1. The van der Waals surface area contributed by atoms with Crippen LogP contribution in [0.4, 0.5) is 11.6 Å². The Bertz CT molecular complexity index is 1140. The lowest BCUT2D eigenvalue weighted by Gasteiger charge is -2.27. The molecule has 0 unspecified atom stereocenters. The number of nitrogens with zero attached hydrogens (tertiary/aromatic N) is 4. The molecule has 0 radical (unpaired) electrons. The fraction of sp³-hybridized carbons (Fsp3) is 0.227. The first-order valence-electron chi connectivity index (χ1n) is 9.77. The summed E-state index contributed by atoms with van der Waals surface area (Å²) < 4.78 is 5.41. The number of thiophene rings is 1. The van der Waals surface area contributed by atoms with Crippen molar-refractivity contribution in [2.75, 3.05) is 36.5 Å². The highest BCUT2D eigenvalue weighted by Crippen LogP contribution is 2.36. The van der Waals surface area contributed by atoms with Crippen LogP contribution in [0.5, 0.6) is 0 Å². The van der Waals surface area contributed by atoms with Gasteiger partial charge in [-0.1, -0.05) is 29.8 Å². The number of anilines is 2. The molecule has 1 aliphatic rings. The minimum Gasteiger partial charge on any atom is -0.378 e. The number of rotatable bonds is 5. The number of pyridine rings is 1. The third-order valence-corrected chi connectivity index (χ3v) is 6.27. The second-order valence-corrected chi connectivity index (χ2v) is 8.33. The first kappa shape index (κ1) is 19.2. The molecular weight excluding hydrogens is 418 g/mol. The lowest BCUT2D eigenvalue weighted by Crippen LogP contribution is -2.36. The third kappa shape index (κ3) is 3.96. The van der Waals surface area contributed by atoms with Gasteiger partial charge < -0.3 is 15.0 Å². The second kappa shape index (κ2) is 8.55. The Morgan fingerprint density at radius 1 is 1.03 bits per heavy atom. The van der Waals surface area contributed by atoms with Gasteiger partial charge in [0.2, 0.25) is 0 Å². The van der Waals surface area contributed by atoms with E-state index in [0.29, 0.717) is 6.54 Å². The van der Waals surface area contributed by atoms with E-state index >= 15 is 0 Å². The molecule has 152 valence electrons. The van der Waals surface area contributed by atoms with Crippen LogP contribution >= 0.6 is 22.9 Å². The van der Waals surface area contributed by atoms with E-state index in [2.05, 4.69) is 42.7 Å². The Morgan fingerprint density at radius 2 is 1.87 bits per heavy atom. The van der Waals surface area contributed by atoms with E-state index in [1.807, 2.05) is 30.5 Å². The number of hydrogen-bond donors (Lipinski definition) is 1. The summed E-state index contributed by atoms with van der Waals surface area (Å²) in [6.45, 7) is 3.92. The lowest BCUT2D eigenvalue weighted by atomic mass is 10.1. The van der Waals surface area contributed by atoms with E-state index in [4.69, 9.17) is 16.3 Å². The van der Waals surface area contributed by atoms with Gasteiger partial charge in [-0.2, -0.15) is 0 Å². The maximum Gasteiger partial charge on any atom is 0.139 e. The maximum atomic E-state index is 6.05. The largest absolute Gasteiger partial charge is 0.378 e. The highest BCUT2D eigenvalue weighted by molar-refractivity contribution is 7.17. The summed E-state index contributed by atoms with van der Waals surface area (Å²) >= 11 is 7.67. The molecule has 0 saturated carbocycles. The quantitative estimate of drug-likeness (QED) is 0.481. The second-order valence-electron chi connectivity index (χ2n) is 7.04. The molecule has 30 heavy (non-hydrogen) atoms. The van der Waals surface area contributed by atoms with Gasteiger partial charge in [0, 0.05) is 41.8 Å². The molecule has 0 spiro atoms. The average molecular weight is 438 g/mol. The molecule has 1 fully saturated rings. The van der Waals surface area contributed by atoms with Crippen LogP contribution in [0.2, 0.25) is 5.02 Å². The number of ether oxygens (including phenoxy) is 1. The standard InChI is InChI=1S/C22H20ClN5OS/c23-17-4-2-16(3-5-17)18-13-30-22-20(18)21(26-14-27-22)25-12-15-1-6-19(24-11-15)28-7-9-29-10-8-28/h1-6,11,13-14H,7-10,12H2,(H,25,26,27). The van der Waals surface area contributed by atoms with E-state index in [9.17, 15) is 0 Å². The van der Waals surface area contributed by atoms with E-state index < -0.39 is 0 Å². The fourth-order valence-electron chi connectivity index (χ4n) is 3.54. The van der Waals surface area contributed by atoms with Crippen molar-refractivity contribution in [2.45, 2.75) is 6.54 Å². The Balaban J connectivity index is 1.36. The van der Waals surface area contributed by atoms with Gasteiger partial charge in [-0.3, -0.25) is 0 Å². The van der Waals surface area contributed by atoms with Crippen molar-refractivity contribution in [1.29, 1.82) is 0 Å². The minimum absolute atomic E-state index is 0.637. The summed E-state index contributed by atoms with van der Waals surface area (Å²) in [6, 6.07) is 12.0. The van der Waals surface area contributed by atoms with Gasteiger partial charge in [-0.05, 0) is 29.3 Å². The van der Waals surface area contributed by atoms with Crippen LogP contribution in [0.25, 0.3) is 21.3 Å². The summed E-state index contributed by atoms with van der Waals surface area (Å²) in [4.78, 5) is 16.8. The molecule has 1 saturated heterocycles.